The molecule has 0 aromatic carbocycles. The molecule has 1 fully saturated rings. The second-order valence-electron chi connectivity index (χ2n) is 6.60. The maximum Gasteiger partial charge on any atom is 0.0639 e. The van der Waals surface area contributed by atoms with Crippen LogP contribution in [0.5, 0.6) is 0 Å². The van der Waals surface area contributed by atoms with E-state index in [9.17, 15) is 5.11 Å². The van der Waals surface area contributed by atoms with Crippen molar-refractivity contribution < 1.29 is 5.11 Å². The fraction of sp³-hybridized carbons (Fsp3) is 1.00. The minimum Gasteiger partial charge on any atom is -0.392 e. The lowest BCUT2D eigenvalue weighted by atomic mass is 9.74. The molecule has 1 N–H and O–H groups in total. The number of hydrogen-bond acceptors (Lipinski definition) is 2. The molecule has 0 bridgehead atoms. The Kier molecular flexibility index (Phi) is 3.52. The molecule has 1 atom stereocenters. The van der Waals surface area contributed by atoms with Crippen LogP contribution >= 0.6 is 0 Å². The largest absolute Gasteiger partial charge is 0.392 e. The lowest BCUT2D eigenvalue weighted by molar-refractivity contribution is -0.0680. The maximum atomic E-state index is 9.59. The molecule has 0 spiro atoms. The van der Waals surface area contributed by atoms with Crippen LogP contribution in [0.2, 0.25) is 0 Å². The summed E-state index contributed by atoms with van der Waals surface area (Å²) in [7, 11) is 0. The average molecular weight is 213 g/mol. The monoisotopic (exact) mass is 213 g/mol. The van der Waals surface area contributed by atoms with Crippen molar-refractivity contribution >= 4 is 0 Å². The Bertz CT molecular complexity index is 203. The van der Waals surface area contributed by atoms with Gasteiger partial charge in [-0.25, -0.2) is 0 Å². The van der Waals surface area contributed by atoms with Gasteiger partial charge in [0.25, 0.3) is 0 Å². The summed E-state index contributed by atoms with van der Waals surface area (Å²) < 4.78 is 0. The van der Waals surface area contributed by atoms with Crippen LogP contribution in [0.3, 0.4) is 0 Å². The van der Waals surface area contributed by atoms with Gasteiger partial charge in [0.1, 0.15) is 0 Å². The standard InChI is InChI=1S/C13H27NO/c1-10-7-12(3,4)14(9-11(2)15)13(5,6)8-10/h10-11,15H,7-9H2,1-6H3. The van der Waals surface area contributed by atoms with Crippen LogP contribution < -0.4 is 0 Å². The van der Waals surface area contributed by atoms with Crippen molar-refractivity contribution in [2.75, 3.05) is 6.54 Å². The SMILES string of the molecule is CC(O)CN1C(C)(C)CC(C)CC1(C)C. The van der Waals surface area contributed by atoms with E-state index in [2.05, 4.69) is 39.5 Å². The average Bonchev–Trinajstić information content (AvgIpc) is 1.94. The third kappa shape index (κ3) is 2.94. The van der Waals surface area contributed by atoms with Gasteiger partial charge in [-0.2, -0.15) is 0 Å². The Labute approximate surface area is 94.7 Å². The third-order valence-electron chi connectivity index (χ3n) is 3.60. The molecule has 0 aromatic rings. The smallest absolute Gasteiger partial charge is 0.0639 e. The zero-order chi connectivity index (χ0) is 11.9. The predicted octanol–water partition coefficient (Wildman–Crippen LogP) is 2.66. The minimum absolute atomic E-state index is 0.207. The minimum atomic E-state index is -0.239. The van der Waals surface area contributed by atoms with Crippen molar-refractivity contribution in [3.63, 3.8) is 0 Å². The van der Waals surface area contributed by atoms with E-state index in [-0.39, 0.29) is 17.2 Å². The summed E-state index contributed by atoms with van der Waals surface area (Å²) in [5, 5.41) is 9.59. The molecule has 1 aliphatic rings. The molecule has 0 radical (unpaired) electrons. The molecule has 1 rings (SSSR count). The van der Waals surface area contributed by atoms with Crippen LogP contribution in [0.25, 0.3) is 0 Å². The maximum absolute atomic E-state index is 9.59. The van der Waals surface area contributed by atoms with E-state index in [1.807, 2.05) is 6.92 Å². The summed E-state index contributed by atoms with van der Waals surface area (Å²) in [6.45, 7) is 14.2. The van der Waals surface area contributed by atoms with Crippen LogP contribution in [0, 0.1) is 5.92 Å². The molecule has 1 saturated heterocycles. The first-order chi connectivity index (χ1) is 6.65. The number of aliphatic hydroxyl groups is 1. The summed E-state index contributed by atoms with van der Waals surface area (Å²) in [6, 6.07) is 0. The van der Waals surface area contributed by atoms with Gasteiger partial charge in [0.05, 0.1) is 6.10 Å². The Morgan fingerprint density at radius 2 is 1.60 bits per heavy atom. The highest BCUT2D eigenvalue weighted by molar-refractivity contribution is 4.99. The molecule has 0 amide bonds. The number of rotatable bonds is 2. The van der Waals surface area contributed by atoms with Gasteiger partial charge in [-0.15, -0.1) is 0 Å². The highest BCUT2D eigenvalue weighted by Crippen LogP contribution is 2.40. The predicted molar refractivity (Wildman–Crippen MR) is 64.9 cm³/mol. The molecule has 15 heavy (non-hydrogen) atoms. The van der Waals surface area contributed by atoms with Gasteiger partial charge < -0.3 is 5.11 Å². The van der Waals surface area contributed by atoms with Gasteiger partial charge in [-0.1, -0.05) is 6.92 Å². The van der Waals surface area contributed by atoms with Gasteiger partial charge >= 0.3 is 0 Å². The number of nitrogens with zero attached hydrogens (tertiary/aromatic N) is 1. The van der Waals surface area contributed by atoms with Crippen LogP contribution in [0.15, 0.2) is 0 Å². The van der Waals surface area contributed by atoms with E-state index in [0.717, 1.165) is 12.5 Å². The normalized spacial score (nSPS) is 29.0. The molecule has 0 aromatic heterocycles. The van der Waals surface area contributed by atoms with Gasteiger partial charge in [0, 0.05) is 17.6 Å². The molecule has 0 aliphatic carbocycles. The number of aliphatic hydroxyl groups excluding tert-OH is 1. The fourth-order valence-electron chi connectivity index (χ4n) is 3.58. The fourth-order valence-corrected chi connectivity index (χ4v) is 3.58. The Morgan fingerprint density at radius 3 is 1.93 bits per heavy atom. The second-order valence-corrected chi connectivity index (χ2v) is 6.60. The van der Waals surface area contributed by atoms with Crippen molar-refractivity contribution in [2.45, 2.75) is 71.6 Å². The molecular weight excluding hydrogens is 186 g/mol. The molecule has 90 valence electrons. The molecule has 1 aliphatic heterocycles. The molecule has 0 saturated carbocycles. The van der Waals surface area contributed by atoms with E-state index >= 15 is 0 Å². The summed E-state index contributed by atoms with van der Waals surface area (Å²) in [6.07, 6.45) is 2.21. The van der Waals surface area contributed by atoms with E-state index in [1.54, 1.807) is 0 Å². The van der Waals surface area contributed by atoms with Crippen molar-refractivity contribution in [3.05, 3.63) is 0 Å². The summed E-state index contributed by atoms with van der Waals surface area (Å²) in [5.74, 6) is 0.778. The lowest BCUT2D eigenvalue weighted by Crippen LogP contribution is -2.61. The van der Waals surface area contributed by atoms with Gasteiger partial charge in [0.2, 0.25) is 0 Å². The Balaban J connectivity index is 2.87. The Hall–Kier alpha value is -0.0800. The number of β-amino-alcohol motifs (C(OH)–C–C–N with tert-alkyl or cyclic N) is 1. The van der Waals surface area contributed by atoms with Gasteiger partial charge in [-0.3, -0.25) is 4.90 Å². The van der Waals surface area contributed by atoms with Gasteiger partial charge in [-0.05, 0) is 53.4 Å². The van der Waals surface area contributed by atoms with Crippen molar-refractivity contribution in [1.82, 2.24) is 4.90 Å². The zero-order valence-corrected chi connectivity index (χ0v) is 11.2. The third-order valence-corrected chi connectivity index (χ3v) is 3.60. The quantitative estimate of drug-likeness (QED) is 0.762. The van der Waals surface area contributed by atoms with E-state index in [1.165, 1.54) is 12.8 Å². The second kappa shape index (κ2) is 4.06. The highest BCUT2D eigenvalue weighted by Gasteiger charge is 2.43. The topological polar surface area (TPSA) is 23.5 Å². The van der Waals surface area contributed by atoms with E-state index < -0.39 is 0 Å². The van der Waals surface area contributed by atoms with Crippen LogP contribution in [-0.2, 0) is 0 Å². The van der Waals surface area contributed by atoms with Crippen LogP contribution in [0.1, 0.15) is 54.4 Å². The molecule has 1 unspecified atom stereocenters. The lowest BCUT2D eigenvalue weighted by Gasteiger charge is -2.55. The molecular formula is C13H27NO. The van der Waals surface area contributed by atoms with E-state index in [0.29, 0.717) is 0 Å². The molecule has 2 heteroatoms. The van der Waals surface area contributed by atoms with Crippen molar-refractivity contribution in [1.29, 1.82) is 0 Å². The number of hydrogen-bond donors (Lipinski definition) is 1. The van der Waals surface area contributed by atoms with E-state index in [4.69, 9.17) is 0 Å². The van der Waals surface area contributed by atoms with Crippen molar-refractivity contribution in [2.24, 2.45) is 5.92 Å². The first kappa shape index (κ1) is 13.0. The number of piperidine rings is 1. The summed E-state index contributed by atoms with van der Waals surface area (Å²) in [4.78, 5) is 2.48. The summed E-state index contributed by atoms with van der Waals surface area (Å²) >= 11 is 0. The first-order valence-corrected chi connectivity index (χ1v) is 6.11. The molecule has 2 nitrogen and oxygen atoms in total. The molecule has 1 heterocycles. The van der Waals surface area contributed by atoms with Crippen molar-refractivity contribution in [3.8, 4) is 0 Å². The Morgan fingerprint density at radius 1 is 1.20 bits per heavy atom. The van der Waals surface area contributed by atoms with Gasteiger partial charge in [0.15, 0.2) is 0 Å². The number of likely N-dealkylation sites (tertiary alicyclic amines) is 1. The first-order valence-electron chi connectivity index (χ1n) is 6.11. The van der Waals surface area contributed by atoms with Crippen LogP contribution in [0.4, 0.5) is 0 Å². The van der Waals surface area contributed by atoms with Crippen LogP contribution in [-0.4, -0.2) is 33.7 Å². The highest BCUT2D eigenvalue weighted by atomic mass is 16.3. The zero-order valence-electron chi connectivity index (χ0n) is 11.2. The summed E-state index contributed by atoms with van der Waals surface area (Å²) in [5.41, 5.74) is 0.413.